The third-order valence-corrected chi connectivity index (χ3v) is 7.81. The maximum Gasteiger partial charge on any atom is 0.224 e. The average molecular weight is 487 g/mol. The number of hydrogen-bond acceptors (Lipinski definition) is 11. The summed E-state index contributed by atoms with van der Waals surface area (Å²) in [6.45, 7) is 4.15. The molecule has 11 heteroatoms. The lowest BCUT2D eigenvalue weighted by atomic mass is 9.99. The summed E-state index contributed by atoms with van der Waals surface area (Å²) in [4.78, 5) is 18.5. The number of aliphatic hydroxyl groups is 4. The Kier molecular flexibility index (Phi) is 6.38. The van der Waals surface area contributed by atoms with Crippen molar-refractivity contribution >= 4 is 33.3 Å². The van der Waals surface area contributed by atoms with Gasteiger partial charge in [0.25, 0.3) is 0 Å². The van der Waals surface area contributed by atoms with Gasteiger partial charge in [0.1, 0.15) is 22.4 Å². The van der Waals surface area contributed by atoms with Gasteiger partial charge < -0.3 is 31.1 Å². The quantitative estimate of drug-likeness (QED) is 0.275. The zero-order chi connectivity index (χ0) is 24.0. The molecule has 2 unspecified atom stereocenters. The Morgan fingerprint density at radius 1 is 1.12 bits per heavy atom. The van der Waals surface area contributed by atoms with Crippen molar-refractivity contribution in [1.82, 2.24) is 19.9 Å². The third-order valence-electron chi connectivity index (χ3n) is 6.77. The highest BCUT2D eigenvalue weighted by atomic mass is 32.1. The van der Waals surface area contributed by atoms with Gasteiger partial charge in [-0.25, -0.2) is 9.97 Å². The number of hydrogen-bond donors (Lipinski definition) is 6. The standard InChI is InChI=1S/C23H30N6O4S/c1-10-17(22-28-18-11(2)24-6-5-16(18)34-22)21(29-23(26-10)25-8-12-3-4-12)27-14-7-13(15(31)9-30)19(32)20(14)33/h5-6,12-15,19-20,30-33H,3-4,7-9H2,1-2H3,(H2,25,26,27,29)/t13-,14?,15?,19-,20+/m1/s1. The van der Waals surface area contributed by atoms with E-state index in [9.17, 15) is 20.4 Å². The molecule has 0 amide bonds. The van der Waals surface area contributed by atoms with Crippen LogP contribution in [0.5, 0.6) is 0 Å². The second kappa shape index (κ2) is 9.31. The smallest absolute Gasteiger partial charge is 0.224 e. The van der Waals surface area contributed by atoms with Crippen molar-refractivity contribution in [3.05, 3.63) is 23.7 Å². The molecule has 6 N–H and O–H groups in total. The van der Waals surface area contributed by atoms with Gasteiger partial charge in [-0.15, -0.1) is 11.3 Å². The van der Waals surface area contributed by atoms with Crippen molar-refractivity contribution in [3.8, 4) is 10.6 Å². The Hall–Kier alpha value is -2.44. The fraction of sp³-hybridized carbons (Fsp3) is 0.565. The van der Waals surface area contributed by atoms with Gasteiger partial charge in [0.05, 0.1) is 46.5 Å². The summed E-state index contributed by atoms with van der Waals surface area (Å²) < 4.78 is 1.01. The van der Waals surface area contributed by atoms with Crippen LogP contribution in [0.1, 0.15) is 30.7 Å². The molecule has 2 aliphatic rings. The van der Waals surface area contributed by atoms with Crippen molar-refractivity contribution in [1.29, 1.82) is 0 Å². The van der Waals surface area contributed by atoms with E-state index in [0.717, 1.165) is 38.7 Å². The van der Waals surface area contributed by atoms with Crippen LogP contribution in [0.15, 0.2) is 12.3 Å². The van der Waals surface area contributed by atoms with E-state index in [0.29, 0.717) is 17.7 Å². The van der Waals surface area contributed by atoms with Gasteiger partial charge in [-0.1, -0.05) is 0 Å². The van der Waals surface area contributed by atoms with E-state index >= 15 is 0 Å². The zero-order valence-corrected chi connectivity index (χ0v) is 20.0. The largest absolute Gasteiger partial charge is 0.394 e. The predicted octanol–water partition coefficient (Wildman–Crippen LogP) is 1.46. The van der Waals surface area contributed by atoms with E-state index in [1.807, 2.05) is 19.9 Å². The number of aryl methyl sites for hydroxylation is 2. The number of pyridine rings is 1. The van der Waals surface area contributed by atoms with Crippen molar-refractivity contribution < 1.29 is 20.4 Å². The van der Waals surface area contributed by atoms with Crippen molar-refractivity contribution in [2.24, 2.45) is 11.8 Å². The van der Waals surface area contributed by atoms with Crippen LogP contribution in [0.25, 0.3) is 20.8 Å². The van der Waals surface area contributed by atoms with Crippen LogP contribution < -0.4 is 10.6 Å². The first-order chi connectivity index (χ1) is 16.4. The van der Waals surface area contributed by atoms with Crippen LogP contribution in [-0.2, 0) is 0 Å². The SMILES string of the molecule is Cc1nc(NCC2CC2)nc(NC2C[C@H](C(O)CO)[C@@H](O)[C@H]2O)c1-c1nc2c(C)nccc2s1. The maximum absolute atomic E-state index is 10.7. The molecule has 0 radical (unpaired) electrons. The maximum atomic E-state index is 10.7. The molecule has 3 heterocycles. The summed E-state index contributed by atoms with van der Waals surface area (Å²) in [6.07, 6.45) is 1.05. The number of anilines is 2. The minimum atomic E-state index is -1.16. The van der Waals surface area contributed by atoms with Gasteiger partial charge in [0.15, 0.2) is 0 Å². The predicted molar refractivity (Wildman–Crippen MR) is 130 cm³/mol. The van der Waals surface area contributed by atoms with E-state index in [1.165, 1.54) is 24.2 Å². The normalized spacial score (nSPS) is 25.6. The van der Waals surface area contributed by atoms with Gasteiger partial charge in [0.2, 0.25) is 5.95 Å². The number of thiazole rings is 1. The van der Waals surface area contributed by atoms with E-state index in [1.54, 1.807) is 6.20 Å². The summed E-state index contributed by atoms with van der Waals surface area (Å²) in [5.41, 5.74) is 3.13. The number of nitrogens with zero attached hydrogens (tertiary/aromatic N) is 4. The molecule has 2 saturated carbocycles. The van der Waals surface area contributed by atoms with Crippen LogP contribution in [0.2, 0.25) is 0 Å². The minimum absolute atomic E-state index is 0.278. The van der Waals surface area contributed by atoms with Crippen molar-refractivity contribution in [2.45, 2.75) is 57.5 Å². The Morgan fingerprint density at radius 2 is 1.91 bits per heavy atom. The lowest BCUT2D eigenvalue weighted by Crippen LogP contribution is -2.37. The number of aliphatic hydroxyl groups excluding tert-OH is 4. The van der Waals surface area contributed by atoms with E-state index in [4.69, 9.17) is 9.97 Å². The summed E-state index contributed by atoms with van der Waals surface area (Å²) in [7, 11) is 0. The number of nitrogens with one attached hydrogen (secondary N) is 2. The number of fused-ring (bicyclic) bond motifs is 1. The summed E-state index contributed by atoms with van der Waals surface area (Å²) in [5.74, 6) is 1.00. The molecule has 10 nitrogen and oxygen atoms in total. The molecule has 5 atom stereocenters. The van der Waals surface area contributed by atoms with Crippen LogP contribution in [-0.4, -0.2) is 77.9 Å². The molecular formula is C23H30N6O4S. The Bertz CT molecular complexity index is 1190. The molecule has 0 bridgehead atoms. The highest BCUT2D eigenvalue weighted by Gasteiger charge is 2.45. The molecule has 0 spiro atoms. The van der Waals surface area contributed by atoms with Gasteiger partial charge in [0, 0.05) is 18.7 Å². The zero-order valence-electron chi connectivity index (χ0n) is 19.1. The highest BCUT2D eigenvalue weighted by Crippen LogP contribution is 2.39. The molecule has 182 valence electrons. The molecule has 3 aromatic rings. The van der Waals surface area contributed by atoms with Crippen LogP contribution in [0.3, 0.4) is 0 Å². The van der Waals surface area contributed by atoms with Crippen molar-refractivity contribution in [2.75, 3.05) is 23.8 Å². The van der Waals surface area contributed by atoms with Gasteiger partial charge in [-0.3, -0.25) is 4.98 Å². The molecule has 0 aromatic carbocycles. The third kappa shape index (κ3) is 4.46. The second-order valence-corrected chi connectivity index (χ2v) is 10.4. The first-order valence-corrected chi connectivity index (χ1v) is 12.4. The van der Waals surface area contributed by atoms with Gasteiger partial charge in [-0.05, 0) is 45.1 Å². The van der Waals surface area contributed by atoms with E-state index in [-0.39, 0.29) is 6.42 Å². The summed E-state index contributed by atoms with van der Waals surface area (Å²) in [5, 5.41) is 47.9. The molecule has 0 saturated heterocycles. The lowest BCUT2D eigenvalue weighted by Gasteiger charge is -2.21. The summed E-state index contributed by atoms with van der Waals surface area (Å²) in [6, 6.07) is 1.36. The van der Waals surface area contributed by atoms with Crippen LogP contribution in [0, 0.1) is 25.7 Å². The van der Waals surface area contributed by atoms with E-state index < -0.39 is 36.9 Å². The number of aromatic nitrogens is 4. The fourth-order valence-corrected chi connectivity index (χ4v) is 5.67. The minimum Gasteiger partial charge on any atom is -0.394 e. The van der Waals surface area contributed by atoms with Crippen LogP contribution in [0.4, 0.5) is 11.8 Å². The monoisotopic (exact) mass is 486 g/mol. The first-order valence-electron chi connectivity index (χ1n) is 11.6. The van der Waals surface area contributed by atoms with Gasteiger partial charge >= 0.3 is 0 Å². The molecule has 3 aromatic heterocycles. The lowest BCUT2D eigenvalue weighted by molar-refractivity contribution is -0.0368. The molecule has 34 heavy (non-hydrogen) atoms. The topological polar surface area (TPSA) is 157 Å². The van der Waals surface area contributed by atoms with Crippen molar-refractivity contribution in [3.63, 3.8) is 0 Å². The summed E-state index contributed by atoms with van der Waals surface area (Å²) >= 11 is 1.52. The van der Waals surface area contributed by atoms with Gasteiger partial charge in [-0.2, -0.15) is 4.98 Å². The molecular weight excluding hydrogens is 456 g/mol. The molecule has 0 aliphatic heterocycles. The van der Waals surface area contributed by atoms with Crippen LogP contribution >= 0.6 is 11.3 Å². The molecule has 5 rings (SSSR count). The van der Waals surface area contributed by atoms with E-state index in [2.05, 4.69) is 20.6 Å². The highest BCUT2D eigenvalue weighted by molar-refractivity contribution is 7.21. The Balaban J connectivity index is 1.52. The second-order valence-electron chi connectivity index (χ2n) is 9.32. The fourth-order valence-electron chi connectivity index (χ4n) is 4.56. The molecule has 2 aliphatic carbocycles. The number of rotatable bonds is 8. The molecule has 2 fully saturated rings. The first kappa shape index (κ1) is 23.3. The Morgan fingerprint density at radius 3 is 2.62 bits per heavy atom. The average Bonchev–Trinajstić information content (AvgIpc) is 3.48. The Labute approximate surface area is 201 Å².